The van der Waals surface area contributed by atoms with Crippen molar-refractivity contribution in [3.63, 3.8) is 0 Å². The number of nitrogens with two attached hydrogens (primary N) is 2. The SMILES string of the molecule is NC(=O)c1cccc(-c2cccnc2/C(=C/c2cc(F)cc(F)c2)NC(=O)Cn2ccc3cnc(N)nc32)c1. The lowest BCUT2D eigenvalue weighted by Gasteiger charge is -2.15. The van der Waals surface area contributed by atoms with Crippen molar-refractivity contribution < 1.29 is 18.4 Å². The first-order valence-electron chi connectivity index (χ1n) is 11.7. The molecule has 0 fully saturated rings. The predicted molar refractivity (Wildman–Crippen MR) is 143 cm³/mol. The molecule has 0 atom stereocenters. The maximum Gasteiger partial charge on any atom is 0.248 e. The van der Waals surface area contributed by atoms with Crippen LogP contribution in [-0.2, 0) is 11.3 Å². The van der Waals surface area contributed by atoms with E-state index in [2.05, 4.69) is 20.3 Å². The molecule has 39 heavy (non-hydrogen) atoms. The van der Waals surface area contributed by atoms with Crippen molar-refractivity contribution in [1.82, 2.24) is 24.8 Å². The van der Waals surface area contributed by atoms with Crippen molar-refractivity contribution in [2.45, 2.75) is 6.54 Å². The monoisotopic (exact) mass is 525 g/mol. The van der Waals surface area contributed by atoms with Gasteiger partial charge in [0, 0.05) is 41.2 Å². The van der Waals surface area contributed by atoms with E-state index in [1.807, 2.05) is 0 Å². The Hall–Kier alpha value is -5.45. The molecule has 0 saturated carbocycles. The van der Waals surface area contributed by atoms with E-state index in [1.165, 1.54) is 12.3 Å². The van der Waals surface area contributed by atoms with E-state index >= 15 is 0 Å². The second-order valence-corrected chi connectivity index (χ2v) is 8.60. The van der Waals surface area contributed by atoms with Gasteiger partial charge in [-0.3, -0.25) is 14.6 Å². The van der Waals surface area contributed by atoms with Crippen molar-refractivity contribution in [2.24, 2.45) is 5.73 Å². The number of anilines is 1. The highest BCUT2D eigenvalue weighted by Crippen LogP contribution is 2.28. The number of pyridine rings is 1. The molecule has 0 radical (unpaired) electrons. The van der Waals surface area contributed by atoms with Crippen LogP contribution < -0.4 is 16.8 Å². The highest BCUT2D eigenvalue weighted by molar-refractivity contribution is 5.97. The number of fused-ring (bicyclic) bond motifs is 1. The zero-order valence-electron chi connectivity index (χ0n) is 20.3. The number of amides is 2. The van der Waals surface area contributed by atoms with Gasteiger partial charge in [0.05, 0.1) is 11.4 Å². The molecule has 11 heteroatoms. The molecule has 3 heterocycles. The summed E-state index contributed by atoms with van der Waals surface area (Å²) in [5.74, 6) is -2.56. The summed E-state index contributed by atoms with van der Waals surface area (Å²) in [6, 6.07) is 14.8. The Morgan fingerprint density at radius 2 is 1.79 bits per heavy atom. The highest BCUT2D eigenvalue weighted by Gasteiger charge is 2.17. The molecule has 5 N–H and O–H groups in total. The molecule has 0 spiro atoms. The number of rotatable bonds is 7. The highest BCUT2D eigenvalue weighted by atomic mass is 19.1. The summed E-state index contributed by atoms with van der Waals surface area (Å²) in [6.45, 7) is -0.145. The number of nitrogens with one attached hydrogen (secondary N) is 1. The molecule has 9 nitrogen and oxygen atoms in total. The van der Waals surface area contributed by atoms with Crippen LogP contribution in [0.3, 0.4) is 0 Å². The standard InChI is InChI=1S/C28H21F2N7O2/c29-20-9-16(10-21(30)13-20)11-23(35-24(38)15-37-8-6-19-14-34-28(32)36-27(19)37)25-22(5-2-7-33-25)17-3-1-4-18(12-17)26(31)39/h1-14H,15H2,(H2,31,39)(H,35,38)(H2,32,34,36)/b23-11-. The topological polar surface area (TPSA) is 142 Å². The van der Waals surface area contributed by atoms with Gasteiger partial charge in [0.2, 0.25) is 17.8 Å². The molecule has 5 aromatic rings. The molecule has 0 bridgehead atoms. The Bertz CT molecular complexity index is 1740. The fraction of sp³-hybridized carbons (Fsp3) is 0.0357. The molecule has 3 aromatic heterocycles. The fourth-order valence-electron chi connectivity index (χ4n) is 4.14. The van der Waals surface area contributed by atoms with Crippen molar-refractivity contribution in [3.8, 4) is 11.1 Å². The molecular formula is C28H21F2N7O2. The smallest absolute Gasteiger partial charge is 0.248 e. The first-order valence-corrected chi connectivity index (χ1v) is 11.7. The van der Waals surface area contributed by atoms with Crippen molar-refractivity contribution in [2.75, 3.05) is 5.73 Å². The van der Waals surface area contributed by atoms with E-state index in [-0.39, 0.29) is 29.3 Å². The number of nitrogens with zero attached hydrogens (tertiary/aromatic N) is 4. The van der Waals surface area contributed by atoms with E-state index in [1.54, 1.807) is 59.4 Å². The number of primary amides is 1. The largest absolute Gasteiger partial charge is 0.368 e. The number of hydrogen-bond donors (Lipinski definition) is 3. The summed E-state index contributed by atoms with van der Waals surface area (Å²) in [5, 5.41) is 3.51. The summed E-state index contributed by atoms with van der Waals surface area (Å²) in [5.41, 5.74) is 13.7. The number of nitrogen functional groups attached to an aromatic ring is 1. The lowest BCUT2D eigenvalue weighted by atomic mass is 9.99. The molecule has 194 valence electrons. The number of aromatic nitrogens is 4. The van der Waals surface area contributed by atoms with E-state index < -0.39 is 23.4 Å². The predicted octanol–water partition coefficient (Wildman–Crippen LogP) is 3.77. The van der Waals surface area contributed by atoms with Gasteiger partial charge in [-0.25, -0.2) is 13.8 Å². The van der Waals surface area contributed by atoms with E-state index in [0.29, 0.717) is 27.9 Å². The lowest BCUT2D eigenvalue weighted by Crippen LogP contribution is -2.27. The molecule has 2 aromatic carbocycles. The van der Waals surface area contributed by atoms with Gasteiger partial charge in [-0.05, 0) is 53.6 Å². The Labute approximate surface area is 220 Å². The Kier molecular flexibility index (Phi) is 6.79. The number of halogens is 2. The molecule has 0 aliphatic carbocycles. The van der Waals surface area contributed by atoms with Crippen LogP contribution in [0.25, 0.3) is 33.9 Å². The van der Waals surface area contributed by atoms with Crippen LogP contribution in [-0.4, -0.2) is 31.3 Å². The maximum absolute atomic E-state index is 14.0. The van der Waals surface area contributed by atoms with Gasteiger partial charge in [0.15, 0.2) is 0 Å². The average Bonchev–Trinajstić information content (AvgIpc) is 3.29. The molecular weight excluding hydrogens is 504 g/mol. The summed E-state index contributed by atoms with van der Waals surface area (Å²) in [7, 11) is 0. The van der Waals surface area contributed by atoms with Gasteiger partial charge in [-0.15, -0.1) is 0 Å². The average molecular weight is 526 g/mol. The second kappa shape index (κ2) is 10.5. The normalized spacial score (nSPS) is 11.5. The molecule has 0 unspecified atom stereocenters. The zero-order chi connectivity index (χ0) is 27.5. The minimum absolute atomic E-state index is 0.0629. The van der Waals surface area contributed by atoms with Crippen LogP contribution in [0.1, 0.15) is 21.6 Å². The molecule has 0 saturated heterocycles. The van der Waals surface area contributed by atoms with Gasteiger partial charge in [0.25, 0.3) is 0 Å². The quantitative estimate of drug-likeness (QED) is 0.295. The van der Waals surface area contributed by atoms with Crippen LogP contribution in [0.15, 0.2) is 79.3 Å². The van der Waals surface area contributed by atoms with Crippen LogP contribution in [0.5, 0.6) is 0 Å². The van der Waals surface area contributed by atoms with Crippen LogP contribution in [0, 0.1) is 11.6 Å². The summed E-state index contributed by atoms with van der Waals surface area (Å²) < 4.78 is 29.6. The number of carbonyl (C=O) groups is 2. The van der Waals surface area contributed by atoms with Gasteiger partial charge >= 0.3 is 0 Å². The van der Waals surface area contributed by atoms with E-state index in [0.717, 1.165) is 18.2 Å². The van der Waals surface area contributed by atoms with E-state index in [9.17, 15) is 18.4 Å². The summed E-state index contributed by atoms with van der Waals surface area (Å²) in [6.07, 6.45) is 6.16. The number of hydrogen-bond acceptors (Lipinski definition) is 6. The first-order chi connectivity index (χ1) is 18.8. The Morgan fingerprint density at radius 1 is 1.00 bits per heavy atom. The Morgan fingerprint density at radius 3 is 2.56 bits per heavy atom. The third kappa shape index (κ3) is 5.62. The fourth-order valence-corrected chi connectivity index (χ4v) is 4.14. The van der Waals surface area contributed by atoms with Crippen LogP contribution in [0.2, 0.25) is 0 Å². The lowest BCUT2D eigenvalue weighted by molar-refractivity contribution is -0.120. The van der Waals surface area contributed by atoms with Crippen LogP contribution in [0.4, 0.5) is 14.7 Å². The van der Waals surface area contributed by atoms with Crippen LogP contribution >= 0.6 is 0 Å². The minimum atomic E-state index is -0.779. The second-order valence-electron chi connectivity index (χ2n) is 8.60. The molecule has 2 amide bonds. The molecule has 5 rings (SSSR count). The third-order valence-corrected chi connectivity index (χ3v) is 5.83. The summed E-state index contributed by atoms with van der Waals surface area (Å²) >= 11 is 0. The van der Waals surface area contributed by atoms with E-state index in [4.69, 9.17) is 11.5 Å². The van der Waals surface area contributed by atoms with Gasteiger partial charge in [0.1, 0.15) is 23.8 Å². The van der Waals surface area contributed by atoms with Gasteiger partial charge in [-0.1, -0.05) is 18.2 Å². The van der Waals surface area contributed by atoms with Crippen molar-refractivity contribution in [1.29, 1.82) is 0 Å². The third-order valence-electron chi connectivity index (χ3n) is 5.83. The first kappa shape index (κ1) is 25.2. The summed E-state index contributed by atoms with van der Waals surface area (Å²) in [4.78, 5) is 37.6. The maximum atomic E-state index is 14.0. The number of benzene rings is 2. The minimum Gasteiger partial charge on any atom is -0.368 e. The van der Waals surface area contributed by atoms with Crippen molar-refractivity contribution in [3.05, 3.63) is 108 Å². The van der Waals surface area contributed by atoms with Crippen molar-refractivity contribution >= 4 is 40.6 Å². The molecule has 0 aliphatic rings. The van der Waals surface area contributed by atoms with Gasteiger partial charge < -0.3 is 21.4 Å². The molecule has 0 aliphatic heterocycles. The van der Waals surface area contributed by atoms with Gasteiger partial charge in [-0.2, -0.15) is 4.98 Å². The number of carbonyl (C=O) groups excluding carboxylic acids is 2. The zero-order valence-corrected chi connectivity index (χ0v) is 20.3. The Balaban J connectivity index is 1.57.